The molecule has 0 bridgehead atoms. The van der Waals surface area contributed by atoms with Crippen LogP contribution >= 0.6 is 0 Å². The zero-order chi connectivity index (χ0) is 20.2. The first-order chi connectivity index (χ1) is 14.2. The zero-order valence-electron chi connectivity index (χ0n) is 16.1. The van der Waals surface area contributed by atoms with Gasteiger partial charge < -0.3 is 13.9 Å². The van der Waals surface area contributed by atoms with Crippen LogP contribution in [0.25, 0.3) is 28.2 Å². The van der Waals surface area contributed by atoms with Crippen LogP contribution in [0, 0.1) is 0 Å². The van der Waals surface area contributed by atoms with E-state index in [2.05, 4.69) is 6.58 Å². The van der Waals surface area contributed by atoms with Crippen molar-refractivity contribution in [2.24, 2.45) is 0 Å². The average molecular weight is 384 g/mol. The monoisotopic (exact) mass is 384 g/mol. The first-order valence-corrected chi connectivity index (χ1v) is 9.23. The molecule has 0 saturated heterocycles. The van der Waals surface area contributed by atoms with Gasteiger partial charge in [0.2, 0.25) is 5.43 Å². The van der Waals surface area contributed by atoms with Crippen molar-refractivity contribution in [1.29, 1.82) is 0 Å². The van der Waals surface area contributed by atoms with E-state index in [1.807, 2.05) is 48.5 Å². The summed E-state index contributed by atoms with van der Waals surface area (Å²) in [6.45, 7) is 4.17. The van der Waals surface area contributed by atoms with Crippen LogP contribution in [0.4, 0.5) is 0 Å². The topological polar surface area (TPSA) is 48.7 Å². The highest BCUT2D eigenvalue weighted by molar-refractivity contribution is 5.83. The molecule has 0 spiro atoms. The van der Waals surface area contributed by atoms with Crippen LogP contribution in [-0.2, 0) is 6.61 Å². The minimum Gasteiger partial charge on any atom is -0.496 e. The fourth-order valence-corrected chi connectivity index (χ4v) is 3.17. The van der Waals surface area contributed by atoms with Crippen LogP contribution in [0.3, 0.4) is 0 Å². The second-order valence-electron chi connectivity index (χ2n) is 6.57. The number of benzene rings is 3. The number of para-hydroxylation sites is 1. The fourth-order valence-electron chi connectivity index (χ4n) is 3.17. The summed E-state index contributed by atoms with van der Waals surface area (Å²) in [6.07, 6.45) is 3.27. The van der Waals surface area contributed by atoms with Gasteiger partial charge >= 0.3 is 0 Å². The van der Waals surface area contributed by atoms with Gasteiger partial charge in [-0.25, -0.2) is 0 Å². The Hall–Kier alpha value is -3.79. The number of hydrogen-bond donors (Lipinski definition) is 0. The summed E-state index contributed by atoms with van der Waals surface area (Å²) >= 11 is 0. The third-order valence-corrected chi connectivity index (χ3v) is 4.76. The summed E-state index contributed by atoms with van der Waals surface area (Å²) in [6, 6.07) is 20.6. The van der Waals surface area contributed by atoms with E-state index in [9.17, 15) is 4.79 Å². The molecule has 0 radical (unpaired) electrons. The maximum absolute atomic E-state index is 13.0. The van der Waals surface area contributed by atoms with Crippen LogP contribution in [-0.4, -0.2) is 7.11 Å². The van der Waals surface area contributed by atoms with Gasteiger partial charge in [-0.05, 0) is 29.3 Å². The summed E-state index contributed by atoms with van der Waals surface area (Å²) in [5.74, 6) is 1.26. The first-order valence-electron chi connectivity index (χ1n) is 9.23. The molecule has 0 unspecified atom stereocenters. The van der Waals surface area contributed by atoms with Crippen LogP contribution in [0.5, 0.6) is 11.5 Å². The van der Waals surface area contributed by atoms with Crippen molar-refractivity contribution in [3.63, 3.8) is 0 Å². The molecule has 0 saturated carbocycles. The van der Waals surface area contributed by atoms with Gasteiger partial charge in [0.15, 0.2) is 0 Å². The Morgan fingerprint density at radius 1 is 1.00 bits per heavy atom. The summed E-state index contributed by atoms with van der Waals surface area (Å²) in [5, 5.41) is 0.496. The number of hydrogen-bond acceptors (Lipinski definition) is 4. The molecule has 4 rings (SSSR count). The van der Waals surface area contributed by atoms with E-state index < -0.39 is 0 Å². The zero-order valence-corrected chi connectivity index (χ0v) is 16.1. The van der Waals surface area contributed by atoms with Crippen molar-refractivity contribution in [2.45, 2.75) is 6.61 Å². The molecule has 4 heteroatoms. The molecule has 1 aromatic heterocycles. The highest BCUT2D eigenvalue weighted by Crippen LogP contribution is 2.29. The van der Waals surface area contributed by atoms with Crippen molar-refractivity contribution >= 4 is 17.0 Å². The van der Waals surface area contributed by atoms with E-state index >= 15 is 0 Å². The highest BCUT2D eigenvalue weighted by atomic mass is 16.5. The van der Waals surface area contributed by atoms with Gasteiger partial charge in [-0.2, -0.15) is 0 Å². The lowest BCUT2D eigenvalue weighted by Crippen LogP contribution is -2.06. The summed E-state index contributed by atoms with van der Waals surface area (Å²) in [7, 11) is 1.58. The molecule has 0 aliphatic carbocycles. The Morgan fingerprint density at radius 2 is 1.79 bits per heavy atom. The molecule has 1 heterocycles. The SMILES string of the molecule is C=Cc1ccc(COc2ccc3c(=O)c(-c4ccccc4OC)coc3c2)cc1. The normalized spacial score (nSPS) is 10.7. The third kappa shape index (κ3) is 3.78. The van der Waals surface area contributed by atoms with Crippen LogP contribution < -0.4 is 14.9 Å². The van der Waals surface area contributed by atoms with Crippen LogP contribution in [0.1, 0.15) is 11.1 Å². The fraction of sp³-hybridized carbons (Fsp3) is 0.0800. The molecule has 0 amide bonds. The van der Waals surface area contributed by atoms with Crippen molar-refractivity contribution in [2.75, 3.05) is 7.11 Å². The molecule has 4 aromatic rings. The molecule has 0 aliphatic rings. The molecule has 29 heavy (non-hydrogen) atoms. The van der Waals surface area contributed by atoms with Crippen LogP contribution in [0.2, 0.25) is 0 Å². The Kier molecular flexibility index (Phi) is 5.16. The molecular weight excluding hydrogens is 364 g/mol. The quantitative estimate of drug-likeness (QED) is 0.428. The molecule has 144 valence electrons. The van der Waals surface area contributed by atoms with E-state index in [1.165, 1.54) is 6.26 Å². The van der Waals surface area contributed by atoms with Gasteiger partial charge in [0.1, 0.15) is 30.0 Å². The number of methoxy groups -OCH3 is 1. The average Bonchev–Trinajstić information content (AvgIpc) is 2.78. The Bertz CT molecular complexity index is 1220. The highest BCUT2D eigenvalue weighted by Gasteiger charge is 2.13. The van der Waals surface area contributed by atoms with E-state index in [1.54, 1.807) is 31.4 Å². The van der Waals surface area contributed by atoms with E-state index in [0.717, 1.165) is 11.1 Å². The molecule has 0 fully saturated rings. The standard InChI is InChI=1S/C25H20O4/c1-3-17-8-10-18(11-9-17)15-28-19-12-13-21-24(14-19)29-16-22(25(21)26)20-6-4-5-7-23(20)27-2/h3-14,16H,1,15H2,2H3. The minimum absolute atomic E-state index is 0.109. The lowest BCUT2D eigenvalue weighted by atomic mass is 10.0. The van der Waals surface area contributed by atoms with Gasteiger partial charge in [0.05, 0.1) is 18.1 Å². The van der Waals surface area contributed by atoms with E-state index in [-0.39, 0.29) is 5.43 Å². The van der Waals surface area contributed by atoms with Crippen molar-refractivity contribution < 1.29 is 13.9 Å². The molecule has 4 nitrogen and oxygen atoms in total. The van der Waals surface area contributed by atoms with Gasteiger partial charge in [-0.3, -0.25) is 4.79 Å². The van der Waals surface area contributed by atoms with Crippen molar-refractivity contribution in [3.8, 4) is 22.6 Å². The summed E-state index contributed by atoms with van der Waals surface area (Å²) in [5.41, 5.74) is 3.64. The second-order valence-corrected chi connectivity index (χ2v) is 6.57. The third-order valence-electron chi connectivity index (χ3n) is 4.76. The Balaban J connectivity index is 1.61. The maximum atomic E-state index is 13.0. The van der Waals surface area contributed by atoms with Crippen LogP contribution in [0.15, 0.2) is 88.8 Å². The predicted molar refractivity (Wildman–Crippen MR) is 115 cm³/mol. The molecule has 3 aromatic carbocycles. The molecule has 0 aliphatic heterocycles. The maximum Gasteiger partial charge on any atom is 0.200 e. The molecule has 0 atom stereocenters. The molecule has 0 N–H and O–H groups in total. The first kappa shape index (κ1) is 18.6. The lowest BCUT2D eigenvalue weighted by molar-refractivity contribution is 0.306. The van der Waals surface area contributed by atoms with E-state index in [4.69, 9.17) is 13.9 Å². The smallest absolute Gasteiger partial charge is 0.200 e. The van der Waals surface area contributed by atoms with Crippen molar-refractivity contribution in [1.82, 2.24) is 0 Å². The van der Waals surface area contributed by atoms with Gasteiger partial charge in [-0.15, -0.1) is 0 Å². The van der Waals surface area contributed by atoms with Gasteiger partial charge in [-0.1, -0.05) is 55.1 Å². The lowest BCUT2D eigenvalue weighted by Gasteiger charge is -2.09. The summed E-state index contributed by atoms with van der Waals surface area (Å²) < 4.78 is 17.0. The van der Waals surface area contributed by atoms with Gasteiger partial charge in [0.25, 0.3) is 0 Å². The number of rotatable bonds is 6. The summed E-state index contributed by atoms with van der Waals surface area (Å²) in [4.78, 5) is 13.0. The Morgan fingerprint density at radius 3 is 2.55 bits per heavy atom. The second kappa shape index (κ2) is 8.07. The predicted octanol–water partition coefficient (Wildman–Crippen LogP) is 5.69. The number of fused-ring (bicyclic) bond motifs is 1. The van der Waals surface area contributed by atoms with Crippen molar-refractivity contribution in [3.05, 3.63) is 101 Å². The Labute approximate surface area is 168 Å². The number of ether oxygens (including phenoxy) is 2. The largest absolute Gasteiger partial charge is 0.496 e. The van der Waals surface area contributed by atoms with E-state index in [0.29, 0.717) is 40.2 Å². The minimum atomic E-state index is -0.109. The molecular formula is C25H20O4. The van der Waals surface area contributed by atoms with Gasteiger partial charge in [0, 0.05) is 11.6 Å².